The van der Waals surface area contributed by atoms with Crippen LogP contribution in [0.1, 0.15) is 48.5 Å². The standard InChI is InChI=1S/C27H29N3O2/c31-30(32)24-17-15-23(16-18-24)27-28(19-21-9-3-1-4-10-21)25-13-7-8-14-26(25)29(27)20-22-11-5-2-6-12-22/h1-6,9-12,15-18,25-27H,7-8,13-14,19-20H2/t25-,26-/m1/s1. The number of nitrogens with zero attached hydrogens (tertiary/aromatic N) is 3. The summed E-state index contributed by atoms with van der Waals surface area (Å²) >= 11 is 0. The van der Waals surface area contributed by atoms with Crippen LogP contribution >= 0.6 is 0 Å². The molecule has 1 heterocycles. The molecule has 1 saturated carbocycles. The minimum atomic E-state index is -0.318. The first kappa shape index (κ1) is 20.9. The molecule has 3 aromatic rings. The zero-order valence-corrected chi connectivity index (χ0v) is 18.2. The van der Waals surface area contributed by atoms with Crippen LogP contribution in [0, 0.1) is 10.1 Å². The van der Waals surface area contributed by atoms with Crippen LogP contribution < -0.4 is 0 Å². The van der Waals surface area contributed by atoms with Crippen molar-refractivity contribution in [2.24, 2.45) is 0 Å². The number of hydrogen-bond acceptors (Lipinski definition) is 4. The summed E-state index contributed by atoms with van der Waals surface area (Å²) in [5.41, 5.74) is 3.90. The van der Waals surface area contributed by atoms with Gasteiger partial charge in [0.25, 0.3) is 5.69 Å². The van der Waals surface area contributed by atoms with Gasteiger partial charge in [0, 0.05) is 37.3 Å². The fourth-order valence-electron chi connectivity index (χ4n) is 5.57. The van der Waals surface area contributed by atoms with Gasteiger partial charge in [-0.3, -0.25) is 19.9 Å². The predicted molar refractivity (Wildman–Crippen MR) is 126 cm³/mol. The lowest BCUT2D eigenvalue weighted by atomic mass is 9.90. The Morgan fingerprint density at radius 2 is 1.19 bits per heavy atom. The minimum Gasteiger partial charge on any atom is -0.275 e. The van der Waals surface area contributed by atoms with Gasteiger partial charge in [-0.15, -0.1) is 0 Å². The summed E-state index contributed by atoms with van der Waals surface area (Å²) in [6, 6.07) is 29.5. The van der Waals surface area contributed by atoms with Crippen LogP contribution in [0.25, 0.3) is 0 Å². The molecule has 0 N–H and O–H groups in total. The van der Waals surface area contributed by atoms with E-state index in [1.54, 1.807) is 12.1 Å². The molecule has 0 amide bonds. The van der Waals surface area contributed by atoms with E-state index in [1.165, 1.54) is 36.8 Å². The first-order valence-corrected chi connectivity index (χ1v) is 11.5. The summed E-state index contributed by atoms with van der Waals surface area (Å²) in [5.74, 6) is 0. The number of benzene rings is 3. The van der Waals surface area contributed by atoms with Gasteiger partial charge in [-0.2, -0.15) is 0 Å². The molecular weight excluding hydrogens is 398 g/mol. The zero-order chi connectivity index (χ0) is 21.9. The first-order chi connectivity index (χ1) is 15.7. The number of nitro groups is 1. The maximum absolute atomic E-state index is 11.2. The zero-order valence-electron chi connectivity index (χ0n) is 18.2. The van der Waals surface area contributed by atoms with Gasteiger partial charge >= 0.3 is 0 Å². The Hall–Kier alpha value is -3.02. The van der Waals surface area contributed by atoms with E-state index in [-0.39, 0.29) is 16.8 Å². The van der Waals surface area contributed by atoms with Crippen LogP contribution in [0.3, 0.4) is 0 Å². The first-order valence-electron chi connectivity index (χ1n) is 11.5. The van der Waals surface area contributed by atoms with Crippen molar-refractivity contribution in [2.45, 2.75) is 57.0 Å². The number of hydrogen-bond donors (Lipinski definition) is 0. The third-order valence-electron chi connectivity index (χ3n) is 6.99. The Kier molecular flexibility index (Phi) is 6.02. The summed E-state index contributed by atoms with van der Waals surface area (Å²) in [7, 11) is 0. The van der Waals surface area contributed by atoms with Crippen molar-refractivity contribution in [1.82, 2.24) is 9.80 Å². The molecule has 0 aromatic heterocycles. The van der Waals surface area contributed by atoms with E-state index in [0.717, 1.165) is 18.7 Å². The van der Waals surface area contributed by atoms with Crippen molar-refractivity contribution in [1.29, 1.82) is 0 Å². The van der Waals surface area contributed by atoms with Gasteiger partial charge < -0.3 is 0 Å². The Labute approximate surface area is 189 Å². The molecule has 2 aliphatic rings. The predicted octanol–water partition coefficient (Wildman–Crippen LogP) is 5.92. The van der Waals surface area contributed by atoms with Crippen molar-refractivity contribution in [3.8, 4) is 0 Å². The number of non-ortho nitro benzene ring substituents is 1. The molecule has 3 aromatic carbocycles. The number of rotatable bonds is 6. The summed E-state index contributed by atoms with van der Waals surface area (Å²) in [6.45, 7) is 1.77. The summed E-state index contributed by atoms with van der Waals surface area (Å²) in [6.07, 6.45) is 5.03. The van der Waals surface area contributed by atoms with E-state index in [1.807, 2.05) is 12.1 Å². The van der Waals surface area contributed by atoms with Crippen LogP contribution in [-0.4, -0.2) is 26.8 Å². The molecule has 2 fully saturated rings. The van der Waals surface area contributed by atoms with E-state index < -0.39 is 0 Å². The third-order valence-corrected chi connectivity index (χ3v) is 6.99. The molecule has 5 heteroatoms. The average Bonchev–Trinajstić information content (AvgIpc) is 3.13. The van der Waals surface area contributed by atoms with E-state index in [9.17, 15) is 10.1 Å². The highest BCUT2D eigenvalue weighted by molar-refractivity contribution is 5.35. The maximum atomic E-state index is 11.2. The Morgan fingerprint density at radius 1 is 0.719 bits per heavy atom. The largest absolute Gasteiger partial charge is 0.275 e. The lowest BCUT2D eigenvalue weighted by molar-refractivity contribution is -0.384. The second kappa shape index (κ2) is 9.23. The maximum Gasteiger partial charge on any atom is 0.269 e. The molecule has 164 valence electrons. The Morgan fingerprint density at radius 3 is 1.62 bits per heavy atom. The van der Waals surface area contributed by atoms with Crippen LogP contribution in [0.15, 0.2) is 84.9 Å². The molecule has 5 nitrogen and oxygen atoms in total. The van der Waals surface area contributed by atoms with Gasteiger partial charge in [0.1, 0.15) is 0 Å². The molecule has 1 aliphatic carbocycles. The van der Waals surface area contributed by atoms with Crippen molar-refractivity contribution in [3.63, 3.8) is 0 Å². The average molecular weight is 428 g/mol. The smallest absolute Gasteiger partial charge is 0.269 e. The van der Waals surface area contributed by atoms with E-state index in [2.05, 4.69) is 70.5 Å². The molecule has 0 spiro atoms. The molecule has 1 saturated heterocycles. The second-order valence-corrected chi connectivity index (χ2v) is 8.96. The van der Waals surface area contributed by atoms with Gasteiger partial charge in [-0.1, -0.05) is 73.5 Å². The molecule has 2 atom stereocenters. The highest BCUT2D eigenvalue weighted by Gasteiger charge is 2.47. The van der Waals surface area contributed by atoms with Gasteiger partial charge in [-0.05, 0) is 41.7 Å². The Bertz CT molecular complexity index is 982. The third kappa shape index (κ3) is 4.18. The molecule has 0 radical (unpaired) electrons. The normalized spacial score (nSPS) is 22.0. The lowest BCUT2D eigenvalue weighted by Crippen LogP contribution is -2.39. The van der Waals surface area contributed by atoms with Crippen molar-refractivity contribution in [3.05, 3.63) is 112 Å². The number of fused-ring (bicyclic) bond motifs is 1. The Balaban J connectivity index is 1.55. The van der Waals surface area contributed by atoms with Crippen LogP contribution in [0.5, 0.6) is 0 Å². The molecule has 5 rings (SSSR count). The van der Waals surface area contributed by atoms with Gasteiger partial charge in [-0.25, -0.2) is 0 Å². The van der Waals surface area contributed by atoms with Crippen LogP contribution in [0.2, 0.25) is 0 Å². The van der Waals surface area contributed by atoms with Gasteiger partial charge in [0.15, 0.2) is 0 Å². The minimum absolute atomic E-state index is 0.101. The van der Waals surface area contributed by atoms with Gasteiger partial charge in [0.05, 0.1) is 11.1 Å². The fourth-order valence-corrected chi connectivity index (χ4v) is 5.57. The molecule has 0 bridgehead atoms. The van der Waals surface area contributed by atoms with Crippen LogP contribution in [0.4, 0.5) is 5.69 Å². The quantitative estimate of drug-likeness (QED) is 0.362. The van der Waals surface area contributed by atoms with E-state index in [0.29, 0.717) is 12.1 Å². The highest BCUT2D eigenvalue weighted by Crippen LogP contribution is 2.45. The summed E-state index contributed by atoms with van der Waals surface area (Å²) in [5, 5.41) is 11.2. The molecule has 0 unspecified atom stereocenters. The monoisotopic (exact) mass is 427 g/mol. The van der Waals surface area contributed by atoms with Crippen molar-refractivity contribution < 1.29 is 4.92 Å². The van der Waals surface area contributed by atoms with Crippen LogP contribution in [-0.2, 0) is 13.1 Å². The SMILES string of the molecule is O=[N+]([O-])c1ccc(C2N(Cc3ccccc3)[C@@H]3CCCC[C@H]3N2Cc2ccccc2)cc1. The van der Waals surface area contributed by atoms with E-state index >= 15 is 0 Å². The van der Waals surface area contributed by atoms with Crippen molar-refractivity contribution >= 4 is 5.69 Å². The summed E-state index contributed by atoms with van der Waals surface area (Å²) in [4.78, 5) is 16.2. The lowest BCUT2D eigenvalue weighted by Gasteiger charge is -2.32. The van der Waals surface area contributed by atoms with Gasteiger partial charge in [0.2, 0.25) is 0 Å². The topological polar surface area (TPSA) is 49.6 Å². The summed E-state index contributed by atoms with van der Waals surface area (Å²) < 4.78 is 0. The molecule has 1 aliphatic heterocycles. The van der Waals surface area contributed by atoms with E-state index in [4.69, 9.17) is 0 Å². The second-order valence-electron chi connectivity index (χ2n) is 8.96. The van der Waals surface area contributed by atoms with Crippen molar-refractivity contribution in [2.75, 3.05) is 0 Å². The fraction of sp³-hybridized carbons (Fsp3) is 0.333. The molecular formula is C27H29N3O2. The number of nitro benzene ring substituents is 1. The molecule has 32 heavy (non-hydrogen) atoms. The highest BCUT2D eigenvalue weighted by atomic mass is 16.6.